The molecule has 4 aromatic rings. The van der Waals surface area contributed by atoms with Crippen LogP contribution >= 0.6 is 11.9 Å². The first-order valence-electron chi connectivity index (χ1n) is 9.12. The van der Waals surface area contributed by atoms with E-state index in [1.54, 1.807) is 31.3 Å². The lowest BCUT2D eigenvalue weighted by atomic mass is 10.1. The zero-order valence-electron chi connectivity index (χ0n) is 16.1. The highest BCUT2D eigenvalue weighted by Crippen LogP contribution is 2.37. The molecule has 0 bridgehead atoms. The smallest absolute Gasteiger partial charge is 0.196 e. The maximum Gasteiger partial charge on any atom is 0.196 e. The van der Waals surface area contributed by atoms with Crippen LogP contribution in [-0.2, 0) is 0 Å². The summed E-state index contributed by atoms with van der Waals surface area (Å²) in [4.78, 5) is 0. The Bertz CT molecular complexity index is 1230. The SMILES string of the molecule is CCSNc1ccc(Oc2ccc(F)cc2F)c(-c2cc(F)c3nnc(C)n3c2)c1. The number of halogens is 3. The fraction of sp³-hybridized carbons (Fsp3) is 0.143. The van der Waals surface area contributed by atoms with Crippen molar-refractivity contribution in [3.63, 3.8) is 0 Å². The van der Waals surface area contributed by atoms with E-state index in [0.29, 0.717) is 17.0 Å². The van der Waals surface area contributed by atoms with E-state index in [1.165, 1.54) is 28.5 Å². The van der Waals surface area contributed by atoms with Crippen LogP contribution in [0.25, 0.3) is 16.8 Å². The van der Waals surface area contributed by atoms with E-state index in [-0.39, 0.29) is 17.1 Å². The first-order valence-corrected chi connectivity index (χ1v) is 10.1. The number of anilines is 1. The standard InChI is InChI=1S/C21H17F3N4OS/c1-3-30-27-15-5-7-19(29-20-6-4-14(22)9-17(20)23)16(10-15)13-8-18(24)21-26-25-12(2)28(21)11-13/h4-11,27H,3H2,1-2H3. The zero-order valence-corrected chi connectivity index (χ0v) is 16.9. The van der Waals surface area contributed by atoms with Crippen LogP contribution in [0.2, 0.25) is 0 Å². The molecule has 30 heavy (non-hydrogen) atoms. The van der Waals surface area contributed by atoms with Crippen LogP contribution in [0.15, 0.2) is 48.7 Å². The fourth-order valence-corrected chi connectivity index (χ4v) is 3.39. The molecule has 2 heterocycles. The highest BCUT2D eigenvalue weighted by molar-refractivity contribution is 8.00. The molecule has 2 aromatic carbocycles. The summed E-state index contributed by atoms with van der Waals surface area (Å²) >= 11 is 1.50. The van der Waals surface area contributed by atoms with Crippen molar-refractivity contribution in [2.45, 2.75) is 13.8 Å². The summed E-state index contributed by atoms with van der Waals surface area (Å²) in [6.07, 6.45) is 1.69. The van der Waals surface area contributed by atoms with Crippen molar-refractivity contribution in [3.8, 4) is 22.6 Å². The van der Waals surface area contributed by atoms with Crippen LogP contribution in [0.4, 0.5) is 18.9 Å². The highest BCUT2D eigenvalue weighted by atomic mass is 32.2. The lowest BCUT2D eigenvalue weighted by Crippen LogP contribution is -1.97. The van der Waals surface area contributed by atoms with Gasteiger partial charge in [0.15, 0.2) is 23.0 Å². The van der Waals surface area contributed by atoms with Gasteiger partial charge in [0.1, 0.15) is 17.4 Å². The number of nitrogens with one attached hydrogen (secondary N) is 1. The number of aromatic nitrogens is 3. The first-order chi connectivity index (χ1) is 14.5. The molecule has 9 heteroatoms. The molecule has 0 atom stereocenters. The van der Waals surface area contributed by atoms with Crippen LogP contribution < -0.4 is 9.46 Å². The van der Waals surface area contributed by atoms with Crippen molar-refractivity contribution in [3.05, 3.63) is 71.9 Å². The van der Waals surface area contributed by atoms with Crippen LogP contribution in [-0.4, -0.2) is 20.4 Å². The molecule has 0 fully saturated rings. The number of pyridine rings is 1. The van der Waals surface area contributed by atoms with E-state index in [9.17, 15) is 13.2 Å². The number of benzene rings is 2. The van der Waals surface area contributed by atoms with Crippen LogP contribution in [0.3, 0.4) is 0 Å². The highest BCUT2D eigenvalue weighted by Gasteiger charge is 2.16. The third-order valence-corrected chi connectivity index (χ3v) is 5.04. The minimum atomic E-state index is -0.832. The molecule has 0 aliphatic carbocycles. The van der Waals surface area contributed by atoms with Gasteiger partial charge in [-0.1, -0.05) is 18.9 Å². The third kappa shape index (κ3) is 3.93. The minimum absolute atomic E-state index is 0.110. The Morgan fingerprint density at radius 2 is 1.80 bits per heavy atom. The lowest BCUT2D eigenvalue weighted by Gasteiger charge is -2.15. The Kier molecular flexibility index (Phi) is 5.54. The van der Waals surface area contributed by atoms with Gasteiger partial charge in [0.2, 0.25) is 0 Å². The minimum Gasteiger partial charge on any atom is -0.454 e. The predicted octanol–water partition coefficient (Wildman–Crippen LogP) is 5.99. The average Bonchev–Trinajstić information content (AvgIpc) is 3.10. The molecular weight excluding hydrogens is 413 g/mol. The van der Waals surface area contributed by atoms with Crippen LogP contribution in [0.5, 0.6) is 11.5 Å². The zero-order chi connectivity index (χ0) is 21.3. The molecule has 4 rings (SSSR count). The number of rotatable bonds is 6. The van der Waals surface area contributed by atoms with Gasteiger partial charge in [0.25, 0.3) is 0 Å². The maximum absolute atomic E-state index is 14.6. The van der Waals surface area contributed by atoms with Crippen molar-refractivity contribution < 1.29 is 17.9 Å². The molecule has 0 unspecified atom stereocenters. The number of ether oxygens (including phenoxy) is 1. The number of hydrogen-bond acceptors (Lipinski definition) is 5. The summed E-state index contributed by atoms with van der Waals surface area (Å²) in [6.45, 7) is 3.72. The van der Waals surface area contributed by atoms with Gasteiger partial charge in [-0.15, -0.1) is 10.2 Å². The third-order valence-electron chi connectivity index (χ3n) is 4.37. The Hall–Kier alpha value is -3.20. The fourth-order valence-electron chi connectivity index (χ4n) is 2.95. The predicted molar refractivity (Wildman–Crippen MR) is 111 cm³/mol. The monoisotopic (exact) mass is 430 g/mol. The van der Waals surface area contributed by atoms with Gasteiger partial charge in [-0.05, 0) is 43.3 Å². The van der Waals surface area contributed by atoms with Crippen molar-refractivity contribution in [2.75, 3.05) is 10.5 Å². The van der Waals surface area contributed by atoms with Gasteiger partial charge < -0.3 is 9.46 Å². The average molecular weight is 430 g/mol. The van der Waals surface area contributed by atoms with Crippen molar-refractivity contribution in [1.29, 1.82) is 0 Å². The molecule has 154 valence electrons. The van der Waals surface area contributed by atoms with Gasteiger partial charge in [-0.2, -0.15) is 0 Å². The van der Waals surface area contributed by atoms with Gasteiger partial charge in [-0.3, -0.25) is 4.40 Å². The largest absolute Gasteiger partial charge is 0.454 e. The second-order valence-corrected chi connectivity index (χ2v) is 7.51. The molecule has 0 radical (unpaired) electrons. The molecule has 0 aliphatic heterocycles. The number of aryl methyl sites for hydroxylation is 1. The van der Waals surface area contributed by atoms with E-state index in [4.69, 9.17) is 4.74 Å². The summed E-state index contributed by atoms with van der Waals surface area (Å²) in [5.74, 6) is -0.565. The van der Waals surface area contributed by atoms with E-state index in [1.807, 2.05) is 6.92 Å². The van der Waals surface area contributed by atoms with Crippen LogP contribution in [0, 0.1) is 24.4 Å². The molecule has 5 nitrogen and oxygen atoms in total. The van der Waals surface area contributed by atoms with Crippen molar-refractivity contribution in [1.82, 2.24) is 14.6 Å². The van der Waals surface area contributed by atoms with Gasteiger partial charge in [0.05, 0.1) is 0 Å². The van der Waals surface area contributed by atoms with E-state index >= 15 is 0 Å². The quantitative estimate of drug-likeness (QED) is 0.381. The van der Waals surface area contributed by atoms with Crippen molar-refractivity contribution in [2.24, 2.45) is 0 Å². The molecule has 0 saturated heterocycles. The summed E-state index contributed by atoms with van der Waals surface area (Å²) < 4.78 is 52.5. The Balaban J connectivity index is 1.84. The molecule has 0 aliphatic rings. The van der Waals surface area contributed by atoms with Gasteiger partial charge in [0, 0.05) is 34.8 Å². The Morgan fingerprint density at radius 1 is 1.00 bits per heavy atom. The maximum atomic E-state index is 14.6. The van der Waals surface area contributed by atoms with Gasteiger partial charge in [-0.25, -0.2) is 13.2 Å². The Labute approximate surface area is 175 Å². The normalized spacial score (nSPS) is 11.1. The molecule has 0 spiro atoms. The van der Waals surface area contributed by atoms with E-state index < -0.39 is 17.5 Å². The second kappa shape index (κ2) is 8.27. The number of nitrogens with zero attached hydrogens (tertiary/aromatic N) is 3. The number of hydrogen-bond donors (Lipinski definition) is 1. The molecule has 0 amide bonds. The molecule has 1 N–H and O–H groups in total. The summed E-state index contributed by atoms with van der Waals surface area (Å²) in [5, 5.41) is 7.73. The van der Waals surface area contributed by atoms with E-state index in [0.717, 1.165) is 23.6 Å². The van der Waals surface area contributed by atoms with Gasteiger partial charge >= 0.3 is 0 Å². The summed E-state index contributed by atoms with van der Waals surface area (Å²) in [7, 11) is 0. The molecule has 2 aromatic heterocycles. The summed E-state index contributed by atoms with van der Waals surface area (Å²) in [6, 6.07) is 9.58. The van der Waals surface area contributed by atoms with Crippen LogP contribution in [0.1, 0.15) is 12.7 Å². The first kappa shape index (κ1) is 20.1. The van der Waals surface area contributed by atoms with E-state index in [2.05, 4.69) is 14.9 Å². The van der Waals surface area contributed by atoms with Crippen molar-refractivity contribution >= 4 is 23.3 Å². The summed E-state index contributed by atoms with van der Waals surface area (Å²) in [5.41, 5.74) is 1.89. The second-order valence-electron chi connectivity index (χ2n) is 6.44. The lowest BCUT2D eigenvalue weighted by molar-refractivity contribution is 0.439. The number of fused-ring (bicyclic) bond motifs is 1. The Morgan fingerprint density at radius 3 is 2.57 bits per heavy atom. The molecule has 0 saturated carbocycles. The topological polar surface area (TPSA) is 51.5 Å². The molecular formula is C21H17F3N4OS.